The molecule has 0 aliphatic rings. The molecule has 0 fully saturated rings. The lowest BCUT2D eigenvalue weighted by Crippen LogP contribution is -2.19. The maximum absolute atomic E-state index is 13.3. The summed E-state index contributed by atoms with van der Waals surface area (Å²) in [5.41, 5.74) is 1.55. The molecule has 0 saturated heterocycles. The summed E-state index contributed by atoms with van der Waals surface area (Å²) in [5, 5.41) is 3.13. The van der Waals surface area contributed by atoms with Crippen LogP contribution in [-0.2, 0) is 13.1 Å². The fraction of sp³-hybridized carbons (Fsp3) is 0.294. The highest BCUT2D eigenvalue weighted by Gasteiger charge is 2.28. The lowest BCUT2D eigenvalue weighted by atomic mass is 10.1. The number of alkyl halides is 3. The minimum Gasteiger partial charge on any atom is -0.496 e. The molecule has 2 aromatic carbocycles. The van der Waals surface area contributed by atoms with Crippen molar-refractivity contribution in [1.29, 1.82) is 0 Å². The second kappa shape index (κ2) is 8.01. The third kappa shape index (κ3) is 5.73. The normalized spacial score (nSPS) is 11.4. The quantitative estimate of drug-likeness (QED) is 0.769. The van der Waals surface area contributed by atoms with Gasteiger partial charge >= 0.3 is 6.18 Å². The standard InChI is InChI=1S/C17H17F4NO2/c1-23-16-7-4-14(18)8-13(16)10-22-9-12-2-5-15(6-3-12)24-11-17(19,20)21/h2-8,22H,9-11H2,1H3. The number of ether oxygens (including phenoxy) is 2. The average Bonchev–Trinajstić information content (AvgIpc) is 2.54. The van der Waals surface area contributed by atoms with Crippen molar-refractivity contribution in [3.05, 3.63) is 59.4 Å². The first-order valence-electron chi connectivity index (χ1n) is 7.19. The molecule has 0 aromatic heterocycles. The Bertz CT molecular complexity index is 657. The van der Waals surface area contributed by atoms with Gasteiger partial charge in [-0.25, -0.2) is 4.39 Å². The SMILES string of the molecule is COc1ccc(F)cc1CNCc1ccc(OCC(F)(F)F)cc1. The predicted octanol–water partition coefficient (Wildman–Crippen LogP) is 4.07. The van der Waals surface area contributed by atoms with Gasteiger partial charge in [0.1, 0.15) is 17.3 Å². The highest BCUT2D eigenvalue weighted by molar-refractivity contribution is 5.34. The van der Waals surface area contributed by atoms with Crippen molar-refractivity contribution in [2.45, 2.75) is 19.3 Å². The molecule has 0 bridgehead atoms. The van der Waals surface area contributed by atoms with Gasteiger partial charge in [0.2, 0.25) is 0 Å². The van der Waals surface area contributed by atoms with E-state index in [0.717, 1.165) is 5.56 Å². The molecule has 0 atom stereocenters. The molecule has 130 valence electrons. The first-order valence-corrected chi connectivity index (χ1v) is 7.19. The third-order valence-electron chi connectivity index (χ3n) is 3.21. The fourth-order valence-corrected chi connectivity index (χ4v) is 2.10. The van der Waals surface area contributed by atoms with Gasteiger partial charge in [0, 0.05) is 18.7 Å². The van der Waals surface area contributed by atoms with E-state index in [1.807, 2.05) is 0 Å². The van der Waals surface area contributed by atoms with E-state index in [4.69, 9.17) is 4.74 Å². The summed E-state index contributed by atoms with van der Waals surface area (Å²) in [6.45, 7) is -0.448. The zero-order valence-electron chi connectivity index (χ0n) is 13.0. The molecule has 0 aliphatic carbocycles. The molecule has 0 saturated carbocycles. The van der Waals surface area contributed by atoms with Gasteiger partial charge in [-0.3, -0.25) is 0 Å². The van der Waals surface area contributed by atoms with Gasteiger partial charge in [0.15, 0.2) is 6.61 Å². The lowest BCUT2D eigenvalue weighted by Gasteiger charge is -2.11. The molecule has 7 heteroatoms. The molecular formula is C17H17F4NO2. The van der Waals surface area contributed by atoms with Crippen LogP contribution >= 0.6 is 0 Å². The zero-order valence-corrected chi connectivity index (χ0v) is 13.0. The van der Waals surface area contributed by atoms with Crippen LogP contribution in [0.15, 0.2) is 42.5 Å². The van der Waals surface area contributed by atoms with Gasteiger partial charge in [-0.15, -0.1) is 0 Å². The van der Waals surface area contributed by atoms with Crippen LogP contribution in [0.3, 0.4) is 0 Å². The van der Waals surface area contributed by atoms with Crippen molar-refractivity contribution in [1.82, 2.24) is 5.32 Å². The van der Waals surface area contributed by atoms with E-state index in [1.54, 1.807) is 18.2 Å². The summed E-state index contributed by atoms with van der Waals surface area (Å²) in [6.07, 6.45) is -4.36. The van der Waals surface area contributed by atoms with Crippen LogP contribution in [0.5, 0.6) is 11.5 Å². The van der Waals surface area contributed by atoms with Crippen LogP contribution in [0, 0.1) is 5.82 Å². The highest BCUT2D eigenvalue weighted by Crippen LogP contribution is 2.20. The van der Waals surface area contributed by atoms with E-state index in [2.05, 4.69) is 10.1 Å². The second-order valence-electron chi connectivity index (χ2n) is 5.11. The number of nitrogens with one attached hydrogen (secondary N) is 1. The molecule has 2 aromatic rings. The summed E-state index contributed by atoms with van der Waals surface area (Å²) < 4.78 is 59.3. The number of methoxy groups -OCH3 is 1. The summed E-state index contributed by atoms with van der Waals surface area (Å²) in [4.78, 5) is 0. The Morgan fingerprint density at radius 1 is 1.00 bits per heavy atom. The Labute approximate surface area is 137 Å². The van der Waals surface area contributed by atoms with Crippen molar-refractivity contribution in [3.63, 3.8) is 0 Å². The van der Waals surface area contributed by atoms with Gasteiger partial charge in [0.05, 0.1) is 7.11 Å². The van der Waals surface area contributed by atoms with Gasteiger partial charge in [-0.05, 0) is 35.9 Å². The molecule has 0 aliphatic heterocycles. The Kier molecular flexibility index (Phi) is 6.03. The van der Waals surface area contributed by atoms with Crippen LogP contribution in [0.25, 0.3) is 0 Å². The molecule has 0 radical (unpaired) electrons. The molecular weight excluding hydrogens is 326 g/mol. The Morgan fingerprint density at radius 2 is 1.71 bits per heavy atom. The predicted molar refractivity (Wildman–Crippen MR) is 81.5 cm³/mol. The first-order chi connectivity index (χ1) is 11.4. The van der Waals surface area contributed by atoms with E-state index in [1.165, 1.54) is 31.4 Å². The van der Waals surface area contributed by atoms with Crippen molar-refractivity contribution < 1.29 is 27.0 Å². The van der Waals surface area contributed by atoms with E-state index in [9.17, 15) is 17.6 Å². The highest BCUT2D eigenvalue weighted by atomic mass is 19.4. The van der Waals surface area contributed by atoms with E-state index in [-0.39, 0.29) is 11.6 Å². The summed E-state index contributed by atoms with van der Waals surface area (Å²) in [5.74, 6) is 0.390. The van der Waals surface area contributed by atoms with Crippen LogP contribution in [-0.4, -0.2) is 19.9 Å². The Morgan fingerprint density at radius 3 is 2.33 bits per heavy atom. The molecule has 0 amide bonds. The first kappa shape index (κ1) is 18.1. The fourth-order valence-electron chi connectivity index (χ4n) is 2.10. The van der Waals surface area contributed by atoms with Crippen molar-refractivity contribution >= 4 is 0 Å². The smallest absolute Gasteiger partial charge is 0.422 e. The Balaban J connectivity index is 1.86. The second-order valence-corrected chi connectivity index (χ2v) is 5.11. The summed E-state index contributed by atoms with van der Waals surface area (Å²) >= 11 is 0. The minimum atomic E-state index is -4.36. The maximum Gasteiger partial charge on any atom is 0.422 e. The van der Waals surface area contributed by atoms with Crippen LogP contribution in [0.1, 0.15) is 11.1 Å². The number of hydrogen-bond donors (Lipinski definition) is 1. The molecule has 24 heavy (non-hydrogen) atoms. The summed E-state index contributed by atoms with van der Waals surface area (Å²) in [6, 6.07) is 10.6. The van der Waals surface area contributed by atoms with Crippen LogP contribution in [0.2, 0.25) is 0 Å². The van der Waals surface area contributed by atoms with Gasteiger partial charge in [-0.2, -0.15) is 13.2 Å². The van der Waals surface area contributed by atoms with Crippen molar-refractivity contribution in [2.24, 2.45) is 0 Å². The van der Waals surface area contributed by atoms with Gasteiger partial charge in [0.25, 0.3) is 0 Å². The Hall–Kier alpha value is -2.28. The monoisotopic (exact) mass is 343 g/mol. The molecule has 0 heterocycles. The number of halogens is 4. The molecule has 0 unspecified atom stereocenters. The topological polar surface area (TPSA) is 30.5 Å². The largest absolute Gasteiger partial charge is 0.496 e. The van der Waals surface area contributed by atoms with E-state index >= 15 is 0 Å². The van der Waals surface area contributed by atoms with Crippen LogP contribution in [0.4, 0.5) is 17.6 Å². The number of rotatable bonds is 7. The molecule has 2 rings (SSSR count). The van der Waals surface area contributed by atoms with E-state index in [0.29, 0.717) is 24.4 Å². The summed E-state index contributed by atoms with van der Waals surface area (Å²) in [7, 11) is 1.51. The van der Waals surface area contributed by atoms with Gasteiger partial charge < -0.3 is 14.8 Å². The average molecular weight is 343 g/mol. The van der Waals surface area contributed by atoms with Crippen LogP contribution < -0.4 is 14.8 Å². The molecule has 0 spiro atoms. The molecule has 1 N–H and O–H groups in total. The molecule has 3 nitrogen and oxygen atoms in total. The zero-order chi connectivity index (χ0) is 17.6. The van der Waals surface area contributed by atoms with Gasteiger partial charge in [-0.1, -0.05) is 12.1 Å². The minimum absolute atomic E-state index is 0.155. The lowest BCUT2D eigenvalue weighted by molar-refractivity contribution is -0.153. The van der Waals surface area contributed by atoms with E-state index < -0.39 is 12.8 Å². The number of hydrogen-bond acceptors (Lipinski definition) is 3. The van der Waals surface area contributed by atoms with Crippen molar-refractivity contribution in [2.75, 3.05) is 13.7 Å². The third-order valence-corrected chi connectivity index (χ3v) is 3.21. The number of benzene rings is 2. The van der Waals surface area contributed by atoms with Crippen molar-refractivity contribution in [3.8, 4) is 11.5 Å². The maximum atomic E-state index is 13.3.